The van der Waals surface area contributed by atoms with Crippen LogP contribution in [0.5, 0.6) is 5.88 Å². The SMILES string of the molecule is CCCOc1cc(C)nc(NCc2cccnn2)n1. The summed E-state index contributed by atoms with van der Waals surface area (Å²) in [6, 6.07) is 5.56. The molecule has 2 aromatic rings. The lowest BCUT2D eigenvalue weighted by molar-refractivity contribution is 0.305. The van der Waals surface area contributed by atoms with Crippen molar-refractivity contribution in [3.05, 3.63) is 35.8 Å². The van der Waals surface area contributed by atoms with E-state index in [2.05, 4.69) is 32.4 Å². The Labute approximate surface area is 112 Å². The summed E-state index contributed by atoms with van der Waals surface area (Å²) < 4.78 is 5.51. The first kappa shape index (κ1) is 13.2. The van der Waals surface area contributed by atoms with Crippen molar-refractivity contribution >= 4 is 5.95 Å². The van der Waals surface area contributed by atoms with Crippen molar-refractivity contribution in [2.24, 2.45) is 0 Å². The first-order chi connectivity index (χ1) is 9.28. The van der Waals surface area contributed by atoms with Crippen molar-refractivity contribution in [2.75, 3.05) is 11.9 Å². The van der Waals surface area contributed by atoms with Gasteiger partial charge >= 0.3 is 0 Å². The van der Waals surface area contributed by atoms with Gasteiger partial charge in [-0.1, -0.05) is 6.92 Å². The maximum Gasteiger partial charge on any atom is 0.226 e. The van der Waals surface area contributed by atoms with Crippen molar-refractivity contribution in [3.8, 4) is 5.88 Å². The zero-order valence-corrected chi connectivity index (χ0v) is 11.1. The van der Waals surface area contributed by atoms with Crippen LogP contribution in [0.15, 0.2) is 24.4 Å². The predicted octanol–water partition coefficient (Wildman–Crippen LogP) is 1.98. The third-order valence-corrected chi connectivity index (χ3v) is 2.34. The number of aromatic nitrogens is 4. The lowest BCUT2D eigenvalue weighted by atomic mass is 10.4. The Morgan fingerprint density at radius 1 is 1.32 bits per heavy atom. The van der Waals surface area contributed by atoms with Gasteiger partial charge in [-0.25, -0.2) is 4.98 Å². The van der Waals surface area contributed by atoms with Crippen LogP contribution in [-0.2, 0) is 6.54 Å². The standard InChI is InChI=1S/C13H17N5O/c1-3-7-19-12-8-10(2)16-13(17-12)14-9-11-5-4-6-15-18-11/h4-6,8H,3,7,9H2,1-2H3,(H,14,16,17). The Hall–Kier alpha value is -2.24. The van der Waals surface area contributed by atoms with Gasteiger partial charge in [0.1, 0.15) is 0 Å². The van der Waals surface area contributed by atoms with Crippen molar-refractivity contribution in [3.63, 3.8) is 0 Å². The molecule has 0 saturated heterocycles. The molecule has 0 aromatic carbocycles. The fourth-order valence-corrected chi connectivity index (χ4v) is 1.50. The van der Waals surface area contributed by atoms with E-state index < -0.39 is 0 Å². The van der Waals surface area contributed by atoms with Gasteiger partial charge in [-0.15, -0.1) is 0 Å². The molecule has 1 N–H and O–H groups in total. The lowest BCUT2D eigenvalue weighted by Crippen LogP contribution is -2.07. The minimum atomic E-state index is 0.532. The smallest absolute Gasteiger partial charge is 0.226 e. The summed E-state index contributed by atoms with van der Waals surface area (Å²) in [5.41, 5.74) is 1.70. The molecule has 6 nitrogen and oxygen atoms in total. The van der Waals surface area contributed by atoms with Gasteiger partial charge in [0.15, 0.2) is 0 Å². The second-order valence-corrected chi connectivity index (χ2v) is 4.09. The molecule has 2 heterocycles. The van der Waals surface area contributed by atoms with Crippen LogP contribution < -0.4 is 10.1 Å². The molecule has 0 aliphatic carbocycles. The first-order valence-corrected chi connectivity index (χ1v) is 6.27. The Kier molecular flexibility index (Phi) is 4.60. The van der Waals surface area contributed by atoms with Crippen LogP contribution >= 0.6 is 0 Å². The van der Waals surface area contributed by atoms with E-state index >= 15 is 0 Å². The van der Waals surface area contributed by atoms with Crippen molar-refractivity contribution in [1.82, 2.24) is 20.2 Å². The Balaban J connectivity index is 2.01. The van der Waals surface area contributed by atoms with Gasteiger partial charge < -0.3 is 10.1 Å². The topological polar surface area (TPSA) is 72.8 Å². The molecule has 0 radical (unpaired) electrons. The van der Waals surface area contributed by atoms with E-state index in [1.54, 1.807) is 6.20 Å². The molecule has 0 atom stereocenters. The number of hydrogen-bond acceptors (Lipinski definition) is 6. The van der Waals surface area contributed by atoms with Gasteiger partial charge in [0, 0.05) is 18.0 Å². The van der Waals surface area contributed by atoms with Gasteiger partial charge in [-0.05, 0) is 25.5 Å². The molecule has 0 aliphatic heterocycles. The highest BCUT2D eigenvalue weighted by Crippen LogP contribution is 2.12. The van der Waals surface area contributed by atoms with Crippen LogP contribution in [0.3, 0.4) is 0 Å². The molecular weight excluding hydrogens is 242 g/mol. The summed E-state index contributed by atoms with van der Waals surface area (Å²) in [5.74, 6) is 1.13. The first-order valence-electron chi connectivity index (χ1n) is 6.27. The molecule has 0 fully saturated rings. The van der Waals surface area contributed by atoms with E-state index in [4.69, 9.17) is 4.74 Å². The Morgan fingerprint density at radius 2 is 2.21 bits per heavy atom. The zero-order valence-electron chi connectivity index (χ0n) is 11.1. The van der Waals surface area contributed by atoms with Crippen LogP contribution in [0, 0.1) is 6.92 Å². The fourth-order valence-electron chi connectivity index (χ4n) is 1.50. The Morgan fingerprint density at radius 3 is 2.95 bits per heavy atom. The van der Waals surface area contributed by atoms with Crippen molar-refractivity contribution in [1.29, 1.82) is 0 Å². The molecule has 0 aliphatic rings. The second kappa shape index (κ2) is 6.63. The summed E-state index contributed by atoms with van der Waals surface area (Å²) >= 11 is 0. The molecule has 0 spiro atoms. The summed E-state index contributed by atoms with van der Waals surface area (Å²) in [6.45, 7) is 5.15. The summed E-state index contributed by atoms with van der Waals surface area (Å²) in [6.07, 6.45) is 2.59. The van der Waals surface area contributed by atoms with Crippen LogP contribution in [0.25, 0.3) is 0 Å². The maximum atomic E-state index is 5.51. The van der Waals surface area contributed by atoms with E-state index in [0.29, 0.717) is 25.0 Å². The molecule has 2 aromatic heterocycles. The molecule has 0 bridgehead atoms. The van der Waals surface area contributed by atoms with Gasteiger partial charge in [0.2, 0.25) is 11.8 Å². The van der Waals surface area contributed by atoms with Crippen molar-refractivity contribution < 1.29 is 4.74 Å². The largest absolute Gasteiger partial charge is 0.478 e. The molecular formula is C13H17N5O. The molecule has 0 saturated carbocycles. The van der Waals surface area contributed by atoms with E-state index in [0.717, 1.165) is 17.8 Å². The maximum absolute atomic E-state index is 5.51. The summed E-state index contributed by atoms with van der Waals surface area (Å²) in [4.78, 5) is 8.60. The number of hydrogen-bond donors (Lipinski definition) is 1. The molecule has 100 valence electrons. The van der Waals surface area contributed by atoms with Crippen LogP contribution in [0.1, 0.15) is 24.7 Å². The highest BCUT2D eigenvalue weighted by molar-refractivity contribution is 5.31. The normalized spacial score (nSPS) is 10.2. The van der Waals surface area contributed by atoms with Crippen molar-refractivity contribution in [2.45, 2.75) is 26.8 Å². The highest BCUT2D eigenvalue weighted by Gasteiger charge is 2.03. The minimum absolute atomic E-state index is 0.532. The van der Waals surface area contributed by atoms with E-state index in [-0.39, 0.29) is 0 Å². The number of aryl methyl sites for hydroxylation is 1. The molecule has 0 amide bonds. The summed E-state index contributed by atoms with van der Waals surface area (Å²) in [7, 11) is 0. The monoisotopic (exact) mass is 259 g/mol. The lowest BCUT2D eigenvalue weighted by Gasteiger charge is -2.08. The molecule has 19 heavy (non-hydrogen) atoms. The highest BCUT2D eigenvalue weighted by atomic mass is 16.5. The van der Waals surface area contributed by atoms with Gasteiger partial charge in [0.25, 0.3) is 0 Å². The van der Waals surface area contributed by atoms with E-state index in [1.807, 2.05) is 25.1 Å². The zero-order chi connectivity index (χ0) is 13.5. The summed E-state index contributed by atoms with van der Waals surface area (Å²) in [5, 5.41) is 10.9. The minimum Gasteiger partial charge on any atom is -0.478 e. The number of nitrogens with one attached hydrogen (secondary N) is 1. The van der Waals surface area contributed by atoms with E-state index in [1.165, 1.54) is 0 Å². The molecule has 0 unspecified atom stereocenters. The average Bonchev–Trinajstić information content (AvgIpc) is 2.43. The molecule has 2 rings (SSSR count). The predicted molar refractivity (Wildman–Crippen MR) is 71.9 cm³/mol. The van der Waals surface area contributed by atoms with Gasteiger partial charge in [-0.2, -0.15) is 15.2 Å². The van der Waals surface area contributed by atoms with Crippen LogP contribution in [-0.4, -0.2) is 26.8 Å². The number of anilines is 1. The van der Waals surface area contributed by atoms with Crippen LogP contribution in [0.4, 0.5) is 5.95 Å². The van der Waals surface area contributed by atoms with E-state index in [9.17, 15) is 0 Å². The second-order valence-electron chi connectivity index (χ2n) is 4.09. The van der Waals surface area contributed by atoms with Gasteiger partial charge in [-0.3, -0.25) is 0 Å². The third-order valence-electron chi connectivity index (χ3n) is 2.34. The van der Waals surface area contributed by atoms with Crippen LogP contribution in [0.2, 0.25) is 0 Å². The van der Waals surface area contributed by atoms with Gasteiger partial charge in [0.05, 0.1) is 18.8 Å². The number of rotatable bonds is 6. The molecule has 6 heteroatoms. The average molecular weight is 259 g/mol. The number of ether oxygens (including phenoxy) is 1. The third kappa shape index (κ3) is 4.17. The number of nitrogens with zero attached hydrogens (tertiary/aromatic N) is 4. The quantitative estimate of drug-likeness (QED) is 0.855. The Bertz CT molecular complexity index is 518. The fraction of sp³-hybridized carbons (Fsp3) is 0.385.